The summed E-state index contributed by atoms with van der Waals surface area (Å²) in [4.78, 5) is 34.1. The van der Waals surface area contributed by atoms with Crippen LogP contribution >= 0.6 is 11.6 Å². The van der Waals surface area contributed by atoms with E-state index in [0.717, 1.165) is 17.2 Å². The van der Waals surface area contributed by atoms with Crippen molar-refractivity contribution in [1.82, 2.24) is 0 Å². The maximum absolute atomic E-state index is 12.0. The van der Waals surface area contributed by atoms with Crippen LogP contribution in [0.3, 0.4) is 0 Å². The third kappa shape index (κ3) is 3.88. The van der Waals surface area contributed by atoms with Gasteiger partial charge in [-0.25, -0.2) is 0 Å². The molecule has 0 fully saturated rings. The van der Waals surface area contributed by atoms with E-state index in [4.69, 9.17) is 11.6 Å². The highest BCUT2D eigenvalue weighted by molar-refractivity contribution is 6.44. The lowest BCUT2D eigenvalue weighted by molar-refractivity contribution is -0.384. The Morgan fingerprint density at radius 1 is 1.04 bits per heavy atom. The van der Waals surface area contributed by atoms with Gasteiger partial charge in [-0.3, -0.25) is 19.7 Å². The highest BCUT2D eigenvalue weighted by atomic mass is 35.5. The summed E-state index contributed by atoms with van der Waals surface area (Å²) in [5, 5.41) is 15.6. The molecular weight excluding hydrogens is 334 g/mol. The van der Waals surface area contributed by atoms with Gasteiger partial charge in [0.25, 0.3) is 5.69 Å². The summed E-state index contributed by atoms with van der Waals surface area (Å²) in [7, 11) is 0. The number of rotatable bonds is 3. The van der Waals surface area contributed by atoms with Gasteiger partial charge in [0.15, 0.2) is 0 Å². The zero-order chi connectivity index (χ0) is 17.9. The minimum absolute atomic E-state index is 0.00743. The fourth-order valence-electron chi connectivity index (χ4n) is 1.97. The van der Waals surface area contributed by atoms with Crippen molar-refractivity contribution in [3.63, 3.8) is 0 Å². The molecular formula is C16H14ClN3O4. The van der Waals surface area contributed by atoms with Crippen molar-refractivity contribution in [2.75, 3.05) is 10.6 Å². The van der Waals surface area contributed by atoms with Crippen molar-refractivity contribution in [2.24, 2.45) is 0 Å². The van der Waals surface area contributed by atoms with Crippen LogP contribution in [0.4, 0.5) is 17.1 Å². The van der Waals surface area contributed by atoms with Gasteiger partial charge in [-0.2, -0.15) is 0 Å². The number of non-ortho nitro benzene ring substituents is 1. The van der Waals surface area contributed by atoms with E-state index in [-0.39, 0.29) is 16.4 Å². The molecule has 7 nitrogen and oxygen atoms in total. The van der Waals surface area contributed by atoms with E-state index < -0.39 is 16.7 Å². The molecule has 124 valence electrons. The summed E-state index contributed by atoms with van der Waals surface area (Å²) >= 11 is 5.89. The first kappa shape index (κ1) is 17.4. The van der Waals surface area contributed by atoms with Crippen LogP contribution in [0.1, 0.15) is 11.1 Å². The summed E-state index contributed by atoms with van der Waals surface area (Å²) in [5.41, 5.74) is 2.07. The second kappa shape index (κ2) is 7.10. The second-order valence-electron chi connectivity index (χ2n) is 5.08. The Morgan fingerprint density at radius 2 is 1.67 bits per heavy atom. The number of anilines is 2. The molecule has 2 N–H and O–H groups in total. The van der Waals surface area contributed by atoms with Gasteiger partial charge in [-0.15, -0.1) is 0 Å². The molecule has 0 saturated heterocycles. The van der Waals surface area contributed by atoms with E-state index in [0.29, 0.717) is 5.69 Å². The van der Waals surface area contributed by atoms with E-state index in [1.165, 1.54) is 12.1 Å². The standard InChI is InChI=1S/C16H14ClN3O4/c1-9-4-3-5-13(10(9)2)18-15(21)16(22)19-14-8-11(20(23)24)6-7-12(14)17/h3-8H,1-2H3,(H,18,21)(H,19,22). The van der Waals surface area contributed by atoms with Gasteiger partial charge in [0, 0.05) is 17.8 Å². The highest BCUT2D eigenvalue weighted by Gasteiger charge is 2.18. The molecule has 0 radical (unpaired) electrons. The first-order chi connectivity index (χ1) is 11.3. The predicted molar refractivity (Wildman–Crippen MR) is 91.3 cm³/mol. The molecule has 2 aromatic carbocycles. The molecule has 0 heterocycles. The molecule has 0 saturated carbocycles. The fourth-order valence-corrected chi connectivity index (χ4v) is 2.13. The second-order valence-corrected chi connectivity index (χ2v) is 5.48. The zero-order valence-corrected chi connectivity index (χ0v) is 13.7. The summed E-state index contributed by atoms with van der Waals surface area (Å²) in [5.74, 6) is -1.87. The first-order valence-electron chi connectivity index (χ1n) is 6.92. The lowest BCUT2D eigenvalue weighted by Crippen LogP contribution is -2.29. The Balaban J connectivity index is 2.15. The van der Waals surface area contributed by atoms with E-state index in [1.807, 2.05) is 19.9 Å². The SMILES string of the molecule is Cc1cccc(NC(=O)C(=O)Nc2cc([N+](=O)[O-])ccc2Cl)c1C. The number of amides is 2. The van der Waals surface area contributed by atoms with Crippen molar-refractivity contribution in [3.8, 4) is 0 Å². The normalized spacial score (nSPS) is 10.1. The Labute approximate surface area is 142 Å². The van der Waals surface area contributed by atoms with Crippen LogP contribution in [0.5, 0.6) is 0 Å². The quantitative estimate of drug-likeness (QED) is 0.504. The molecule has 0 aromatic heterocycles. The Bertz CT molecular complexity index is 836. The number of hydrogen-bond donors (Lipinski definition) is 2. The van der Waals surface area contributed by atoms with Crippen molar-refractivity contribution < 1.29 is 14.5 Å². The van der Waals surface area contributed by atoms with E-state index in [1.54, 1.807) is 12.1 Å². The smallest absolute Gasteiger partial charge is 0.314 e. The fraction of sp³-hybridized carbons (Fsp3) is 0.125. The number of carbonyl (C=O) groups excluding carboxylic acids is 2. The van der Waals surface area contributed by atoms with Gasteiger partial charge in [0.05, 0.1) is 15.6 Å². The van der Waals surface area contributed by atoms with Crippen molar-refractivity contribution in [1.29, 1.82) is 0 Å². The lowest BCUT2D eigenvalue weighted by Gasteiger charge is -2.11. The summed E-state index contributed by atoms with van der Waals surface area (Å²) in [6, 6.07) is 8.88. The summed E-state index contributed by atoms with van der Waals surface area (Å²) in [6.07, 6.45) is 0. The average Bonchev–Trinajstić information content (AvgIpc) is 2.53. The number of halogens is 1. The molecule has 0 bridgehead atoms. The Morgan fingerprint density at radius 3 is 2.29 bits per heavy atom. The maximum atomic E-state index is 12.0. The van der Waals surface area contributed by atoms with Crippen LogP contribution in [0.15, 0.2) is 36.4 Å². The average molecular weight is 348 g/mol. The summed E-state index contributed by atoms with van der Waals surface area (Å²) < 4.78 is 0. The molecule has 0 aliphatic carbocycles. The number of nitro groups is 1. The van der Waals surface area contributed by atoms with Gasteiger partial charge in [-0.1, -0.05) is 23.7 Å². The van der Waals surface area contributed by atoms with Crippen LogP contribution in [0.2, 0.25) is 5.02 Å². The van der Waals surface area contributed by atoms with Crippen LogP contribution in [0, 0.1) is 24.0 Å². The molecule has 0 aliphatic rings. The largest absolute Gasteiger partial charge is 0.318 e. The van der Waals surface area contributed by atoms with Gasteiger partial charge < -0.3 is 10.6 Å². The van der Waals surface area contributed by atoms with Gasteiger partial charge >= 0.3 is 11.8 Å². The molecule has 2 aromatic rings. The van der Waals surface area contributed by atoms with Crippen LogP contribution in [-0.4, -0.2) is 16.7 Å². The molecule has 0 aliphatic heterocycles. The molecule has 0 atom stereocenters. The van der Waals surface area contributed by atoms with Crippen LogP contribution < -0.4 is 10.6 Å². The number of nitro benzene ring substituents is 1. The van der Waals surface area contributed by atoms with Gasteiger partial charge in [0.2, 0.25) is 0 Å². The van der Waals surface area contributed by atoms with E-state index in [2.05, 4.69) is 10.6 Å². The molecule has 0 spiro atoms. The van der Waals surface area contributed by atoms with E-state index in [9.17, 15) is 19.7 Å². The minimum atomic E-state index is -0.974. The van der Waals surface area contributed by atoms with Crippen LogP contribution in [0.25, 0.3) is 0 Å². The number of carbonyl (C=O) groups is 2. The molecule has 2 amide bonds. The van der Waals surface area contributed by atoms with Crippen molar-refractivity contribution >= 4 is 40.5 Å². The molecule has 2 rings (SSSR count). The third-order valence-corrected chi connectivity index (χ3v) is 3.80. The van der Waals surface area contributed by atoms with E-state index >= 15 is 0 Å². The zero-order valence-electron chi connectivity index (χ0n) is 12.9. The third-order valence-electron chi connectivity index (χ3n) is 3.47. The van der Waals surface area contributed by atoms with Crippen molar-refractivity contribution in [3.05, 3.63) is 62.7 Å². The number of nitrogens with one attached hydrogen (secondary N) is 2. The summed E-state index contributed by atoms with van der Waals surface area (Å²) in [6.45, 7) is 3.70. The predicted octanol–water partition coefficient (Wildman–Crippen LogP) is 3.44. The van der Waals surface area contributed by atoms with Gasteiger partial charge in [0.1, 0.15) is 0 Å². The van der Waals surface area contributed by atoms with Gasteiger partial charge in [-0.05, 0) is 37.1 Å². The topological polar surface area (TPSA) is 101 Å². The molecule has 24 heavy (non-hydrogen) atoms. The van der Waals surface area contributed by atoms with Crippen molar-refractivity contribution in [2.45, 2.75) is 13.8 Å². The Kier molecular flexibility index (Phi) is 5.15. The minimum Gasteiger partial charge on any atom is -0.318 e. The molecule has 0 unspecified atom stereocenters. The number of benzene rings is 2. The number of aryl methyl sites for hydroxylation is 1. The lowest BCUT2D eigenvalue weighted by atomic mass is 10.1. The Hall–Kier alpha value is -2.93. The highest BCUT2D eigenvalue weighted by Crippen LogP contribution is 2.26. The number of hydrogen-bond acceptors (Lipinski definition) is 4. The van der Waals surface area contributed by atoms with Crippen LogP contribution in [-0.2, 0) is 9.59 Å². The first-order valence-corrected chi connectivity index (χ1v) is 7.30. The monoisotopic (exact) mass is 347 g/mol. The number of nitrogens with zero attached hydrogens (tertiary/aromatic N) is 1. The maximum Gasteiger partial charge on any atom is 0.314 e. The molecule has 8 heteroatoms.